The van der Waals surface area contributed by atoms with E-state index in [9.17, 15) is 4.39 Å². The van der Waals surface area contributed by atoms with Crippen LogP contribution in [-0.2, 0) is 13.1 Å². The van der Waals surface area contributed by atoms with Crippen LogP contribution in [0.4, 0.5) is 4.39 Å². The van der Waals surface area contributed by atoms with Crippen LogP contribution in [0.15, 0.2) is 18.2 Å². The van der Waals surface area contributed by atoms with Crippen molar-refractivity contribution in [3.05, 3.63) is 35.1 Å². The Morgan fingerprint density at radius 2 is 2.06 bits per heavy atom. The van der Waals surface area contributed by atoms with E-state index in [0.29, 0.717) is 5.56 Å². The van der Waals surface area contributed by atoms with Crippen molar-refractivity contribution in [3.63, 3.8) is 0 Å². The van der Waals surface area contributed by atoms with Crippen molar-refractivity contribution < 1.29 is 4.39 Å². The summed E-state index contributed by atoms with van der Waals surface area (Å²) in [5, 5.41) is 3.31. The van der Waals surface area contributed by atoms with Gasteiger partial charge in [0.2, 0.25) is 0 Å². The molecule has 0 saturated carbocycles. The minimum Gasteiger partial charge on any atom is -0.326 e. The lowest BCUT2D eigenvalue weighted by Crippen LogP contribution is -2.42. The average molecular weight is 223 g/mol. The Bertz CT molecular complexity index is 348. The Hall–Kier alpha value is -0.970. The Kier molecular flexibility index (Phi) is 3.88. The Labute approximate surface area is 95.4 Å². The summed E-state index contributed by atoms with van der Waals surface area (Å²) in [7, 11) is 0. The molecule has 0 radical (unpaired) electrons. The van der Waals surface area contributed by atoms with E-state index in [0.717, 1.165) is 38.3 Å². The number of benzene rings is 1. The summed E-state index contributed by atoms with van der Waals surface area (Å²) < 4.78 is 13.2. The van der Waals surface area contributed by atoms with Crippen LogP contribution in [0.1, 0.15) is 11.1 Å². The van der Waals surface area contributed by atoms with Gasteiger partial charge in [0.05, 0.1) is 0 Å². The van der Waals surface area contributed by atoms with Crippen molar-refractivity contribution in [2.45, 2.75) is 13.1 Å². The molecule has 88 valence electrons. The summed E-state index contributed by atoms with van der Waals surface area (Å²) in [5.41, 5.74) is 7.24. The second-order valence-corrected chi connectivity index (χ2v) is 4.16. The molecule has 1 aromatic rings. The first-order valence-corrected chi connectivity index (χ1v) is 5.70. The topological polar surface area (TPSA) is 41.3 Å². The maximum atomic E-state index is 13.2. The van der Waals surface area contributed by atoms with Crippen LogP contribution in [-0.4, -0.2) is 31.1 Å². The van der Waals surface area contributed by atoms with Gasteiger partial charge in [-0.25, -0.2) is 4.39 Å². The van der Waals surface area contributed by atoms with Gasteiger partial charge in [0.15, 0.2) is 0 Å². The summed E-state index contributed by atoms with van der Waals surface area (Å²) >= 11 is 0. The lowest BCUT2D eigenvalue weighted by Gasteiger charge is -2.27. The number of rotatable bonds is 3. The molecule has 0 amide bonds. The molecule has 0 aromatic heterocycles. The van der Waals surface area contributed by atoms with E-state index in [-0.39, 0.29) is 12.4 Å². The normalized spacial score (nSPS) is 17.6. The third-order valence-electron chi connectivity index (χ3n) is 2.95. The molecule has 3 nitrogen and oxygen atoms in total. The molecule has 1 heterocycles. The monoisotopic (exact) mass is 223 g/mol. The first-order chi connectivity index (χ1) is 7.79. The van der Waals surface area contributed by atoms with Crippen LogP contribution >= 0.6 is 0 Å². The van der Waals surface area contributed by atoms with Gasteiger partial charge < -0.3 is 11.1 Å². The summed E-state index contributed by atoms with van der Waals surface area (Å²) in [6.07, 6.45) is 0. The van der Waals surface area contributed by atoms with Gasteiger partial charge in [-0.15, -0.1) is 0 Å². The van der Waals surface area contributed by atoms with Gasteiger partial charge in [-0.3, -0.25) is 4.90 Å². The zero-order chi connectivity index (χ0) is 11.4. The molecule has 0 aliphatic carbocycles. The van der Waals surface area contributed by atoms with Crippen molar-refractivity contribution in [1.82, 2.24) is 10.2 Å². The van der Waals surface area contributed by atoms with Gasteiger partial charge in [-0.2, -0.15) is 0 Å². The first-order valence-electron chi connectivity index (χ1n) is 5.70. The van der Waals surface area contributed by atoms with Crippen LogP contribution < -0.4 is 11.1 Å². The maximum absolute atomic E-state index is 13.2. The van der Waals surface area contributed by atoms with E-state index in [1.807, 2.05) is 12.1 Å². The lowest BCUT2D eigenvalue weighted by molar-refractivity contribution is 0.233. The van der Waals surface area contributed by atoms with Crippen LogP contribution in [0.5, 0.6) is 0 Å². The Balaban J connectivity index is 2.03. The molecule has 1 aromatic carbocycles. The van der Waals surface area contributed by atoms with Crippen LogP contribution in [0.3, 0.4) is 0 Å². The predicted octanol–water partition coefficient (Wildman–Crippen LogP) is 0.690. The fraction of sp³-hybridized carbons (Fsp3) is 0.500. The van der Waals surface area contributed by atoms with Crippen molar-refractivity contribution in [2.24, 2.45) is 5.73 Å². The van der Waals surface area contributed by atoms with Crippen LogP contribution in [0.25, 0.3) is 0 Å². The molecule has 3 N–H and O–H groups in total. The molecule has 0 spiro atoms. The predicted molar refractivity (Wildman–Crippen MR) is 62.4 cm³/mol. The minimum absolute atomic E-state index is 0.202. The Morgan fingerprint density at radius 1 is 1.31 bits per heavy atom. The number of nitrogens with two attached hydrogens (primary N) is 1. The summed E-state index contributed by atoms with van der Waals surface area (Å²) in [6, 6.07) is 5.23. The second kappa shape index (κ2) is 5.39. The van der Waals surface area contributed by atoms with Gasteiger partial charge in [0, 0.05) is 44.8 Å². The lowest BCUT2D eigenvalue weighted by atomic mass is 10.1. The number of hydrogen-bond donors (Lipinski definition) is 2. The Morgan fingerprint density at radius 3 is 2.75 bits per heavy atom. The SMILES string of the molecule is NCc1cc(CN2CCNCC2)ccc1F. The first kappa shape index (κ1) is 11.5. The third kappa shape index (κ3) is 2.78. The fourth-order valence-electron chi connectivity index (χ4n) is 2.01. The number of nitrogens with zero attached hydrogens (tertiary/aromatic N) is 1. The van der Waals surface area contributed by atoms with Crippen molar-refractivity contribution in [3.8, 4) is 0 Å². The van der Waals surface area contributed by atoms with Crippen molar-refractivity contribution >= 4 is 0 Å². The molecule has 1 aliphatic rings. The van der Waals surface area contributed by atoms with Gasteiger partial charge >= 0.3 is 0 Å². The molecule has 1 aliphatic heterocycles. The number of piperazine rings is 1. The zero-order valence-electron chi connectivity index (χ0n) is 9.38. The molecule has 0 atom stereocenters. The van der Waals surface area contributed by atoms with Gasteiger partial charge in [-0.1, -0.05) is 12.1 Å². The highest BCUT2D eigenvalue weighted by Gasteiger charge is 2.10. The molecule has 4 heteroatoms. The number of hydrogen-bond acceptors (Lipinski definition) is 3. The highest BCUT2D eigenvalue weighted by Crippen LogP contribution is 2.12. The standard InChI is InChI=1S/C12H18FN3/c13-12-2-1-10(7-11(12)8-14)9-16-5-3-15-4-6-16/h1-2,7,15H,3-6,8-9,14H2. The zero-order valence-corrected chi connectivity index (χ0v) is 9.38. The summed E-state index contributed by atoms with van der Waals surface area (Å²) in [5.74, 6) is -0.202. The van der Waals surface area contributed by atoms with Crippen molar-refractivity contribution in [2.75, 3.05) is 26.2 Å². The van der Waals surface area contributed by atoms with Gasteiger partial charge in [-0.05, 0) is 11.6 Å². The maximum Gasteiger partial charge on any atom is 0.127 e. The largest absolute Gasteiger partial charge is 0.326 e. The molecule has 2 rings (SSSR count). The van der Waals surface area contributed by atoms with Gasteiger partial charge in [0.25, 0.3) is 0 Å². The van der Waals surface area contributed by atoms with Gasteiger partial charge in [0.1, 0.15) is 5.82 Å². The molecule has 0 unspecified atom stereocenters. The smallest absolute Gasteiger partial charge is 0.127 e. The second-order valence-electron chi connectivity index (χ2n) is 4.16. The molecule has 16 heavy (non-hydrogen) atoms. The molecule has 1 saturated heterocycles. The quantitative estimate of drug-likeness (QED) is 0.792. The number of nitrogens with one attached hydrogen (secondary N) is 1. The van der Waals surface area contributed by atoms with E-state index in [4.69, 9.17) is 5.73 Å². The van der Waals surface area contributed by atoms with Crippen molar-refractivity contribution in [1.29, 1.82) is 0 Å². The molecule has 1 fully saturated rings. The highest BCUT2D eigenvalue weighted by molar-refractivity contribution is 5.25. The molecule has 0 bridgehead atoms. The number of halogens is 1. The van der Waals surface area contributed by atoms with Crippen LogP contribution in [0.2, 0.25) is 0 Å². The summed E-state index contributed by atoms with van der Waals surface area (Å²) in [4.78, 5) is 2.37. The van der Waals surface area contributed by atoms with E-state index < -0.39 is 0 Å². The van der Waals surface area contributed by atoms with E-state index in [1.165, 1.54) is 6.07 Å². The third-order valence-corrected chi connectivity index (χ3v) is 2.95. The van der Waals surface area contributed by atoms with Crippen LogP contribution in [0, 0.1) is 5.82 Å². The van der Waals surface area contributed by atoms with E-state index >= 15 is 0 Å². The minimum atomic E-state index is -0.202. The van der Waals surface area contributed by atoms with E-state index in [2.05, 4.69) is 10.2 Å². The summed E-state index contributed by atoms with van der Waals surface area (Å²) in [6.45, 7) is 5.32. The molecular formula is C12H18FN3. The van der Waals surface area contributed by atoms with E-state index in [1.54, 1.807) is 0 Å². The highest BCUT2D eigenvalue weighted by atomic mass is 19.1. The fourth-order valence-corrected chi connectivity index (χ4v) is 2.01. The molecular weight excluding hydrogens is 205 g/mol. The average Bonchev–Trinajstić information content (AvgIpc) is 2.33.